The number of hydrogen-bond donors (Lipinski definition) is 1. The standard InChI is InChI=1S/C13H19F2NO/c1-16(7-3-2-4-8-17)10-11-5-6-12(14)13(15)9-11/h5-6,9,17H,2-4,7-8,10H2,1H3. The van der Waals surface area contributed by atoms with Crippen molar-refractivity contribution < 1.29 is 13.9 Å². The van der Waals surface area contributed by atoms with E-state index in [1.54, 1.807) is 6.07 Å². The van der Waals surface area contributed by atoms with Crippen LogP contribution in [0, 0.1) is 11.6 Å². The summed E-state index contributed by atoms with van der Waals surface area (Å²) in [5.74, 6) is -1.60. The van der Waals surface area contributed by atoms with Crippen molar-refractivity contribution in [2.75, 3.05) is 20.2 Å². The Hall–Kier alpha value is -1.00. The molecule has 17 heavy (non-hydrogen) atoms. The van der Waals surface area contributed by atoms with Gasteiger partial charge in [0.25, 0.3) is 0 Å². The molecule has 0 spiro atoms. The summed E-state index contributed by atoms with van der Waals surface area (Å²) in [5.41, 5.74) is 0.772. The Morgan fingerprint density at radius 3 is 2.53 bits per heavy atom. The van der Waals surface area contributed by atoms with Crippen LogP contribution in [0.5, 0.6) is 0 Å². The van der Waals surface area contributed by atoms with Crippen molar-refractivity contribution >= 4 is 0 Å². The lowest BCUT2D eigenvalue weighted by molar-refractivity contribution is 0.271. The molecule has 1 aromatic rings. The van der Waals surface area contributed by atoms with Crippen LogP contribution in [0.1, 0.15) is 24.8 Å². The van der Waals surface area contributed by atoms with E-state index in [2.05, 4.69) is 4.90 Å². The molecule has 96 valence electrons. The van der Waals surface area contributed by atoms with Crippen molar-refractivity contribution in [3.63, 3.8) is 0 Å². The van der Waals surface area contributed by atoms with E-state index in [4.69, 9.17) is 5.11 Å². The van der Waals surface area contributed by atoms with Crippen LogP contribution in [0.4, 0.5) is 8.78 Å². The van der Waals surface area contributed by atoms with Crippen LogP contribution in [-0.2, 0) is 6.54 Å². The maximum atomic E-state index is 13.0. The molecule has 0 aromatic heterocycles. The molecule has 0 heterocycles. The van der Waals surface area contributed by atoms with Crippen molar-refractivity contribution in [1.29, 1.82) is 0 Å². The van der Waals surface area contributed by atoms with Crippen LogP contribution in [0.25, 0.3) is 0 Å². The van der Waals surface area contributed by atoms with Gasteiger partial charge in [-0.25, -0.2) is 8.78 Å². The van der Waals surface area contributed by atoms with Crippen molar-refractivity contribution in [2.24, 2.45) is 0 Å². The molecule has 1 aromatic carbocycles. The molecule has 2 nitrogen and oxygen atoms in total. The second-order valence-electron chi connectivity index (χ2n) is 4.27. The number of nitrogens with zero attached hydrogens (tertiary/aromatic N) is 1. The number of rotatable bonds is 7. The summed E-state index contributed by atoms with van der Waals surface area (Å²) in [6, 6.07) is 3.99. The lowest BCUT2D eigenvalue weighted by atomic mass is 10.2. The Balaban J connectivity index is 2.34. The molecule has 0 saturated carbocycles. The molecule has 0 saturated heterocycles. The quantitative estimate of drug-likeness (QED) is 0.744. The zero-order chi connectivity index (χ0) is 12.7. The molecule has 0 atom stereocenters. The second kappa shape index (κ2) is 7.35. The van der Waals surface area contributed by atoms with Gasteiger partial charge in [-0.3, -0.25) is 0 Å². The van der Waals surface area contributed by atoms with Gasteiger partial charge in [0.05, 0.1) is 0 Å². The molecule has 0 aliphatic carbocycles. The SMILES string of the molecule is CN(CCCCCO)Cc1ccc(F)c(F)c1. The summed E-state index contributed by atoms with van der Waals surface area (Å²) < 4.78 is 25.7. The van der Waals surface area contributed by atoms with Gasteiger partial charge in [-0.2, -0.15) is 0 Å². The number of aliphatic hydroxyl groups excluding tert-OH is 1. The third-order valence-corrected chi connectivity index (χ3v) is 2.63. The smallest absolute Gasteiger partial charge is 0.159 e. The van der Waals surface area contributed by atoms with Crippen molar-refractivity contribution in [3.05, 3.63) is 35.4 Å². The normalized spacial score (nSPS) is 11.1. The predicted molar refractivity (Wildman–Crippen MR) is 63.6 cm³/mol. The van der Waals surface area contributed by atoms with Crippen molar-refractivity contribution in [3.8, 4) is 0 Å². The molecule has 0 aliphatic rings. The van der Waals surface area contributed by atoms with Gasteiger partial charge in [-0.05, 0) is 50.6 Å². The summed E-state index contributed by atoms with van der Waals surface area (Å²) in [7, 11) is 1.94. The Morgan fingerprint density at radius 2 is 1.88 bits per heavy atom. The lowest BCUT2D eigenvalue weighted by Gasteiger charge is -2.16. The fourth-order valence-electron chi connectivity index (χ4n) is 1.70. The maximum Gasteiger partial charge on any atom is 0.159 e. The Labute approximate surface area is 101 Å². The van der Waals surface area contributed by atoms with E-state index >= 15 is 0 Å². The van der Waals surface area contributed by atoms with Gasteiger partial charge < -0.3 is 10.0 Å². The first-order valence-corrected chi connectivity index (χ1v) is 5.87. The number of halogens is 2. The number of unbranched alkanes of at least 4 members (excludes halogenated alkanes) is 2. The molecule has 0 fully saturated rings. The fraction of sp³-hybridized carbons (Fsp3) is 0.538. The van der Waals surface area contributed by atoms with Gasteiger partial charge in [-0.15, -0.1) is 0 Å². The lowest BCUT2D eigenvalue weighted by Crippen LogP contribution is -2.19. The summed E-state index contributed by atoms with van der Waals surface area (Å²) in [4.78, 5) is 2.06. The molecule has 1 rings (SSSR count). The highest BCUT2D eigenvalue weighted by molar-refractivity contribution is 5.17. The highest BCUT2D eigenvalue weighted by Crippen LogP contribution is 2.10. The third kappa shape index (κ3) is 5.24. The van der Waals surface area contributed by atoms with E-state index in [1.807, 2.05) is 7.05 Å². The third-order valence-electron chi connectivity index (χ3n) is 2.63. The summed E-state index contributed by atoms with van der Waals surface area (Å²) in [6.07, 6.45) is 2.80. The van der Waals surface area contributed by atoms with E-state index in [-0.39, 0.29) is 6.61 Å². The average Bonchev–Trinajstić information content (AvgIpc) is 2.30. The minimum atomic E-state index is -0.806. The van der Waals surface area contributed by atoms with E-state index in [1.165, 1.54) is 6.07 Å². The van der Waals surface area contributed by atoms with Crippen molar-refractivity contribution in [2.45, 2.75) is 25.8 Å². The second-order valence-corrected chi connectivity index (χ2v) is 4.27. The number of hydrogen-bond acceptors (Lipinski definition) is 2. The molecule has 4 heteroatoms. The minimum absolute atomic E-state index is 0.229. The Morgan fingerprint density at radius 1 is 1.12 bits per heavy atom. The predicted octanol–water partition coefficient (Wildman–Crippen LogP) is 2.56. The Kier molecular flexibility index (Phi) is 6.08. The summed E-state index contributed by atoms with van der Waals surface area (Å²) in [5, 5.41) is 8.63. The molecule has 0 aliphatic heterocycles. The van der Waals surface area contributed by atoms with Crippen LogP contribution < -0.4 is 0 Å². The molecule has 0 bridgehead atoms. The number of benzene rings is 1. The largest absolute Gasteiger partial charge is 0.396 e. The van der Waals surface area contributed by atoms with E-state index in [0.717, 1.165) is 37.4 Å². The molecule has 0 unspecified atom stereocenters. The highest BCUT2D eigenvalue weighted by atomic mass is 19.2. The zero-order valence-electron chi connectivity index (χ0n) is 10.1. The molecule has 1 N–H and O–H groups in total. The first-order valence-electron chi connectivity index (χ1n) is 5.87. The van der Waals surface area contributed by atoms with Crippen LogP contribution in [0.3, 0.4) is 0 Å². The van der Waals surface area contributed by atoms with E-state index < -0.39 is 11.6 Å². The summed E-state index contributed by atoms with van der Waals surface area (Å²) in [6.45, 7) is 1.72. The number of aliphatic hydroxyl groups is 1. The minimum Gasteiger partial charge on any atom is -0.396 e. The van der Waals surface area contributed by atoms with Gasteiger partial charge >= 0.3 is 0 Å². The first-order chi connectivity index (χ1) is 8.13. The molecular weight excluding hydrogens is 224 g/mol. The van der Waals surface area contributed by atoms with Crippen molar-refractivity contribution in [1.82, 2.24) is 4.90 Å². The van der Waals surface area contributed by atoms with Crippen LogP contribution in [0.15, 0.2) is 18.2 Å². The van der Waals surface area contributed by atoms with E-state index in [9.17, 15) is 8.78 Å². The molecule has 0 radical (unpaired) electrons. The average molecular weight is 243 g/mol. The summed E-state index contributed by atoms with van der Waals surface area (Å²) >= 11 is 0. The van der Waals surface area contributed by atoms with Gasteiger partial charge in [0, 0.05) is 13.2 Å². The van der Waals surface area contributed by atoms with Crippen LogP contribution in [-0.4, -0.2) is 30.2 Å². The first kappa shape index (κ1) is 14.1. The van der Waals surface area contributed by atoms with E-state index in [0.29, 0.717) is 6.54 Å². The maximum absolute atomic E-state index is 13.0. The highest BCUT2D eigenvalue weighted by Gasteiger charge is 2.05. The van der Waals surface area contributed by atoms with Gasteiger partial charge in [-0.1, -0.05) is 6.07 Å². The molecular formula is C13H19F2NO. The topological polar surface area (TPSA) is 23.5 Å². The van der Waals surface area contributed by atoms with Gasteiger partial charge in [0.15, 0.2) is 11.6 Å². The fourth-order valence-corrected chi connectivity index (χ4v) is 1.70. The molecule has 0 amide bonds. The Bertz CT molecular complexity index is 344. The zero-order valence-corrected chi connectivity index (χ0v) is 10.1. The van der Waals surface area contributed by atoms with Crippen LogP contribution >= 0.6 is 0 Å². The van der Waals surface area contributed by atoms with Gasteiger partial charge in [0.1, 0.15) is 0 Å². The monoisotopic (exact) mass is 243 g/mol. The van der Waals surface area contributed by atoms with Crippen LogP contribution in [0.2, 0.25) is 0 Å². The van der Waals surface area contributed by atoms with Gasteiger partial charge in [0.2, 0.25) is 0 Å².